The maximum atomic E-state index is 0. The summed E-state index contributed by atoms with van der Waals surface area (Å²) in [6, 6.07) is 0. The standard InChI is InChI=1S/Fe.Na.2H2O.H/h;;2*1H2;. The fourth-order valence-corrected chi connectivity index (χ4v) is 0. The van der Waals surface area contributed by atoms with Gasteiger partial charge in [0.1, 0.15) is 0 Å². The van der Waals surface area contributed by atoms with Crippen LogP contribution in [0.3, 0.4) is 0 Å². The molecule has 0 bridgehead atoms. The molecule has 2 nitrogen and oxygen atoms in total. The van der Waals surface area contributed by atoms with Crippen molar-refractivity contribution < 1.29 is 28.0 Å². The molecule has 0 aliphatic heterocycles. The first kappa shape index (κ1) is 51.7. The third kappa shape index (κ3) is 9.88. The van der Waals surface area contributed by atoms with E-state index in [9.17, 15) is 0 Å². The maximum absolute atomic E-state index is 0. The van der Waals surface area contributed by atoms with Gasteiger partial charge in [-0.2, -0.15) is 0 Å². The summed E-state index contributed by atoms with van der Waals surface area (Å²) in [6.45, 7) is 0. The molecule has 0 radical (unpaired) electrons. The first-order valence-corrected chi connectivity index (χ1v) is 0. The predicted octanol–water partition coefficient (Wildman–Crippen LogP) is -2.30. The van der Waals surface area contributed by atoms with E-state index in [4.69, 9.17) is 0 Å². The van der Waals surface area contributed by atoms with E-state index >= 15 is 0 Å². The van der Waals surface area contributed by atoms with Crippen molar-refractivity contribution in [3.05, 3.63) is 0 Å². The summed E-state index contributed by atoms with van der Waals surface area (Å²) in [4.78, 5) is 0. The Hall–Kier alpha value is 1.44. The van der Waals surface area contributed by atoms with Crippen molar-refractivity contribution >= 4 is 29.6 Å². The van der Waals surface area contributed by atoms with E-state index in [0.717, 1.165) is 0 Å². The summed E-state index contributed by atoms with van der Waals surface area (Å²) < 4.78 is 0. The molecule has 4 heteroatoms. The molecule has 0 amide bonds. The first-order valence-electron chi connectivity index (χ1n) is 0. The zero-order valence-corrected chi connectivity index (χ0v) is 2.46. The van der Waals surface area contributed by atoms with Gasteiger partial charge in [-0.3, -0.25) is 0 Å². The second-order valence-corrected chi connectivity index (χ2v) is 0. The molecule has 0 spiro atoms. The van der Waals surface area contributed by atoms with Gasteiger partial charge in [0.25, 0.3) is 0 Å². The fourth-order valence-electron chi connectivity index (χ4n) is 0. The zero-order valence-electron chi connectivity index (χ0n) is 1.35. The summed E-state index contributed by atoms with van der Waals surface area (Å²) in [5, 5.41) is 0. The molecule has 0 saturated carbocycles. The molecule has 4 heavy (non-hydrogen) atoms. The van der Waals surface area contributed by atoms with Gasteiger partial charge in [-0.15, -0.1) is 0 Å². The van der Waals surface area contributed by atoms with Gasteiger partial charge < -0.3 is 11.0 Å². The van der Waals surface area contributed by atoms with Crippen molar-refractivity contribution in [3.8, 4) is 0 Å². The second kappa shape index (κ2) is 25.3. The van der Waals surface area contributed by atoms with Crippen LogP contribution in [0.2, 0.25) is 0 Å². The molecule has 0 aliphatic carbocycles. The van der Waals surface area contributed by atoms with E-state index in [0.29, 0.717) is 0 Å². The Morgan fingerprint density at radius 3 is 0.750 bits per heavy atom. The van der Waals surface area contributed by atoms with E-state index in [1.54, 1.807) is 0 Å². The van der Waals surface area contributed by atoms with E-state index in [1.807, 2.05) is 0 Å². The van der Waals surface area contributed by atoms with Gasteiger partial charge in [-0.05, 0) is 0 Å². The van der Waals surface area contributed by atoms with Crippen molar-refractivity contribution in [2.24, 2.45) is 0 Å². The van der Waals surface area contributed by atoms with E-state index < -0.39 is 0 Å². The SMILES string of the molecule is O.O.[Fe].[NaH]. The van der Waals surface area contributed by atoms with Gasteiger partial charge in [0.05, 0.1) is 0 Å². The molecule has 0 rings (SSSR count). The summed E-state index contributed by atoms with van der Waals surface area (Å²) >= 11 is 0. The molecule has 0 aromatic carbocycles. The van der Waals surface area contributed by atoms with Gasteiger partial charge in [-0.25, -0.2) is 0 Å². The molecule has 0 aromatic rings. The molecule has 0 saturated heterocycles. The van der Waals surface area contributed by atoms with Crippen molar-refractivity contribution in [1.29, 1.82) is 0 Å². The molecular formula is H5FeNaO2. The van der Waals surface area contributed by atoms with Crippen LogP contribution in [0.15, 0.2) is 0 Å². The molecular weight excluding hydrogens is 111 g/mol. The Balaban J connectivity index is 0. The molecule has 0 aliphatic rings. The monoisotopic (exact) mass is 116 g/mol. The van der Waals surface area contributed by atoms with Crippen molar-refractivity contribution in [3.63, 3.8) is 0 Å². The molecule has 4 N–H and O–H groups in total. The van der Waals surface area contributed by atoms with Gasteiger partial charge in [-0.1, -0.05) is 0 Å². The van der Waals surface area contributed by atoms with Crippen molar-refractivity contribution in [2.45, 2.75) is 0 Å². The predicted molar refractivity (Wildman–Crippen MR) is 14.4 cm³/mol. The summed E-state index contributed by atoms with van der Waals surface area (Å²) in [6.07, 6.45) is 0. The fraction of sp³-hybridized carbons (Fsp3) is 0. The van der Waals surface area contributed by atoms with E-state index in [1.165, 1.54) is 0 Å². The Labute approximate surface area is 57.3 Å². The molecule has 0 unspecified atom stereocenters. The van der Waals surface area contributed by atoms with Crippen LogP contribution in [-0.2, 0) is 17.1 Å². The Morgan fingerprint density at radius 1 is 0.750 bits per heavy atom. The third-order valence-corrected chi connectivity index (χ3v) is 0. The molecule has 26 valence electrons. The Bertz CT molecular complexity index is 6.00. The Kier molecular flexibility index (Phi) is 328. The average Bonchev–Trinajstić information content (AvgIpc) is 0. The Morgan fingerprint density at radius 2 is 0.750 bits per heavy atom. The topological polar surface area (TPSA) is 63.0 Å². The third-order valence-electron chi connectivity index (χ3n) is 0. The number of hydrogen-bond donors (Lipinski definition) is 0. The zero-order chi connectivity index (χ0) is 0. The summed E-state index contributed by atoms with van der Waals surface area (Å²) in [7, 11) is 0. The molecule has 0 heterocycles. The number of hydrogen-bond acceptors (Lipinski definition) is 0. The minimum atomic E-state index is 0. The van der Waals surface area contributed by atoms with Crippen LogP contribution in [0.1, 0.15) is 0 Å². The molecule has 0 atom stereocenters. The van der Waals surface area contributed by atoms with Gasteiger partial charge in [0.2, 0.25) is 0 Å². The van der Waals surface area contributed by atoms with Crippen LogP contribution in [0, 0.1) is 0 Å². The first-order chi connectivity index (χ1) is 0. The molecule has 0 aromatic heterocycles. The van der Waals surface area contributed by atoms with Gasteiger partial charge in [0.15, 0.2) is 0 Å². The normalized spacial score (nSPS) is 0. The average molecular weight is 116 g/mol. The van der Waals surface area contributed by atoms with Crippen LogP contribution >= 0.6 is 0 Å². The van der Waals surface area contributed by atoms with E-state index in [-0.39, 0.29) is 57.6 Å². The quantitative estimate of drug-likeness (QED) is 0.319. The van der Waals surface area contributed by atoms with E-state index in [2.05, 4.69) is 0 Å². The van der Waals surface area contributed by atoms with Crippen LogP contribution < -0.4 is 0 Å². The summed E-state index contributed by atoms with van der Waals surface area (Å²) in [5.41, 5.74) is 0. The summed E-state index contributed by atoms with van der Waals surface area (Å²) in [5.74, 6) is 0. The van der Waals surface area contributed by atoms with Crippen LogP contribution in [-0.4, -0.2) is 40.5 Å². The van der Waals surface area contributed by atoms with Crippen molar-refractivity contribution in [2.75, 3.05) is 0 Å². The second-order valence-electron chi connectivity index (χ2n) is 0. The molecule has 0 fully saturated rings. The minimum absolute atomic E-state index is 0. The van der Waals surface area contributed by atoms with Crippen molar-refractivity contribution in [1.82, 2.24) is 0 Å². The van der Waals surface area contributed by atoms with Crippen LogP contribution in [0.5, 0.6) is 0 Å². The van der Waals surface area contributed by atoms with Gasteiger partial charge >= 0.3 is 29.6 Å². The number of rotatable bonds is 0. The van der Waals surface area contributed by atoms with Gasteiger partial charge in [0, 0.05) is 17.1 Å². The van der Waals surface area contributed by atoms with Crippen LogP contribution in [0.25, 0.3) is 0 Å². The van der Waals surface area contributed by atoms with Crippen LogP contribution in [0.4, 0.5) is 0 Å².